The lowest BCUT2D eigenvalue weighted by Crippen LogP contribution is -2.20. The molecule has 0 saturated heterocycles. The Kier molecular flexibility index (Phi) is 4.54. The molecule has 104 valence electrons. The summed E-state index contributed by atoms with van der Waals surface area (Å²) in [6.07, 6.45) is 5.16. The van der Waals surface area contributed by atoms with Gasteiger partial charge in [0.25, 0.3) is 0 Å². The van der Waals surface area contributed by atoms with Crippen LogP contribution in [0.2, 0.25) is 0 Å². The van der Waals surface area contributed by atoms with Gasteiger partial charge in [0.2, 0.25) is 5.95 Å². The van der Waals surface area contributed by atoms with Crippen molar-refractivity contribution in [3.05, 3.63) is 6.20 Å². The summed E-state index contributed by atoms with van der Waals surface area (Å²) in [7, 11) is 2.06. The Bertz CT molecular complexity index is 521. The van der Waals surface area contributed by atoms with Gasteiger partial charge >= 0.3 is 0 Å². The Hall–Kier alpha value is -1.85. The summed E-state index contributed by atoms with van der Waals surface area (Å²) >= 11 is 0. The lowest BCUT2D eigenvalue weighted by molar-refractivity contribution is 0.761. The molecule has 19 heavy (non-hydrogen) atoms. The largest absolute Gasteiger partial charge is 0.359 e. The molecule has 0 aliphatic heterocycles. The normalized spacial score (nSPS) is 10.9. The lowest BCUT2D eigenvalue weighted by Gasteiger charge is -2.19. The highest BCUT2D eigenvalue weighted by atomic mass is 15.2. The molecule has 6 heteroatoms. The van der Waals surface area contributed by atoms with Gasteiger partial charge < -0.3 is 10.2 Å². The van der Waals surface area contributed by atoms with Gasteiger partial charge in [-0.3, -0.25) is 5.10 Å². The first kappa shape index (κ1) is 13.6. The zero-order valence-electron chi connectivity index (χ0n) is 11.9. The maximum Gasteiger partial charge on any atom is 0.226 e. The number of hydrogen-bond acceptors (Lipinski definition) is 5. The number of unbranched alkanes of at least 4 members (excludes halogenated alkanes) is 1. The first-order valence-corrected chi connectivity index (χ1v) is 6.92. The molecule has 0 bridgehead atoms. The fourth-order valence-corrected chi connectivity index (χ4v) is 1.93. The summed E-state index contributed by atoms with van der Waals surface area (Å²) in [5.74, 6) is 1.60. The molecular weight excluding hydrogens is 240 g/mol. The summed E-state index contributed by atoms with van der Waals surface area (Å²) < 4.78 is 0. The van der Waals surface area contributed by atoms with Gasteiger partial charge in [-0.15, -0.1) is 0 Å². The van der Waals surface area contributed by atoms with E-state index in [2.05, 4.69) is 51.3 Å². The lowest BCUT2D eigenvalue weighted by atomic mass is 10.3. The molecule has 6 nitrogen and oxygen atoms in total. The molecule has 0 fully saturated rings. The van der Waals surface area contributed by atoms with E-state index >= 15 is 0 Å². The maximum absolute atomic E-state index is 4.61. The van der Waals surface area contributed by atoms with Gasteiger partial charge in [0.1, 0.15) is 5.82 Å². The van der Waals surface area contributed by atoms with E-state index in [0.29, 0.717) is 5.95 Å². The van der Waals surface area contributed by atoms with Gasteiger partial charge in [-0.05, 0) is 12.8 Å². The minimum atomic E-state index is 0.664. The summed E-state index contributed by atoms with van der Waals surface area (Å²) in [4.78, 5) is 11.2. The Morgan fingerprint density at radius 3 is 2.84 bits per heavy atom. The Morgan fingerprint density at radius 2 is 2.11 bits per heavy atom. The smallest absolute Gasteiger partial charge is 0.226 e. The van der Waals surface area contributed by atoms with Gasteiger partial charge in [0.15, 0.2) is 5.65 Å². The number of aromatic amines is 1. The van der Waals surface area contributed by atoms with Gasteiger partial charge in [0.05, 0.1) is 11.6 Å². The van der Waals surface area contributed by atoms with Crippen LogP contribution in [0.1, 0.15) is 33.1 Å². The SMILES string of the molecule is CCCCN(C)c1nc(NCCC)nc2[nH]ncc12. The average Bonchev–Trinajstić information content (AvgIpc) is 2.89. The second kappa shape index (κ2) is 6.36. The first-order chi connectivity index (χ1) is 9.26. The number of nitrogens with one attached hydrogen (secondary N) is 2. The van der Waals surface area contributed by atoms with Crippen LogP contribution in [0.25, 0.3) is 11.0 Å². The molecule has 0 aliphatic rings. The molecule has 0 radical (unpaired) electrons. The van der Waals surface area contributed by atoms with Crippen LogP contribution in [0.15, 0.2) is 6.20 Å². The Labute approximate surface area is 113 Å². The fraction of sp³-hybridized carbons (Fsp3) is 0.615. The van der Waals surface area contributed by atoms with Crippen LogP contribution in [-0.2, 0) is 0 Å². The second-order valence-electron chi connectivity index (χ2n) is 4.70. The molecule has 0 spiro atoms. The monoisotopic (exact) mass is 262 g/mol. The first-order valence-electron chi connectivity index (χ1n) is 6.92. The molecule has 2 N–H and O–H groups in total. The predicted octanol–water partition coefficient (Wildman–Crippen LogP) is 2.41. The standard InChI is InChI=1S/C13H22N6/c1-4-6-8-19(3)12-10-9-15-18-11(10)16-13(17-12)14-7-5-2/h9H,4-8H2,1-3H3,(H2,14,15,16,17,18). The summed E-state index contributed by atoms with van der Waals surface area (Å²) in [6.45, 7) is 6.17. The van der Waals surface area contributed by atoms with Crippen LogP contribution >= 0.6 is 0 Å². The maximum atomic E-state index is 4.61. The van der Waals surface area contributed by atoms with E-state index in [4.69, 9.17) is 0 Å². The van der Waals surface area contributed by atoms with E-state index in [1.54, 1.807) is 6.20 Å². The Balaban J connectivity index is 2.30. The topological polar surface area (TPSA) is 69.7 Å². The van der Waals surface area contributed by atoms with E-state index in [1.165, 1.54) is 6.42 Å². The van der Waals surface area contributed by atoms with Gasteiger partial charge in [-0.2, -0.15) is 15.1 Å². The number of anilines is 2. The molecule has 2 rings (SSSR count). The van der Waals surface area contributed by atoms with Crippen LogP contribution in [0, 0.1) is 0 Å². The zero-order chi connectivity index (χ0) is 13.7. The number of aromatic nitrogens is 4. The molecule has 0 aliphatic carbocycles. The quantitative estimate of drug-likeness (QED) is 0.802. The van der Waals surface area contributed by atoms with Crippen molar-refractivity contribution in [1.82, 2.24) is 20.2 Å². The molecule has 2 heterocycles. The van der Waals surface area contributed by atoms with E-state index in [1.807, 2.05) is 0 Å². The molecule has 0 atom stereocenters. The molecule has 0 saturated carbocycles. The summed E-state index contributed by atoms with van der Waals surface area (Å²) in [6, 6.07) is 0. The predicted molar refractivity (Wildman–Crippen MR) is 78.6 cm³/mol. The van der Waals surface area contributed by atoms with Crippen molar-refractivity contribution in [2.24, 2.45) is 0 Å². The van der Waals surface area contributed by atoms with E-state index in [-0.39, 0.29) is 0 Å². The third-order valence-electron chi connectivity index (χ3n) is 3.03. The van der Waals surface area contributed by atoms with Gasteiger partial charge in [-0.25, -0.2) is 0 Å². The van der Waals surface area contributed by atoms with Crippen LogP contribution in [-0.4, -0.2) is 40.3 Å². The highest BCUT2D eigenvalue weighted by Gasteiger charge is 2.12. The molecule has 2 aromatic rings. The molecule has 0 amide bonds. The highest BCUT2D eigenvalue weighted by Crippen LogP contribution is 2.23. The van der Waals surface area contributed by atoms with Crippen molar-refractivity contribution in [2.75, 3.05) is 30.4 Å². The highest BCUT2D eigenvalue weighted by molar-refractivity contribution is 5.87. The number of nitrogens with zero attached hydrogens (tertiary/aromatic N) is 4. The van der Waals surface area contributed by atoms with E-state index in [9.17, 15) is 0 Å². The second-order valence-corrected chi connectivity index (χ2v) is 4.70. The molecule has 2 aromatic heterocycles. The van der Waals surface area contributed by atoms with E-state index < -0.39 is 0 Å². The minimum Gasteiger partial charge on any atom is -0.359 e. The van der Waals surface area contributed by atoms with Crippen LogP contribution in [0.5, 0.6) is 0 Å². The number of rotatable bonds is 7. The molecule has 0 aromatic carbocycles. The summed E-state index contributed by atoms with van der Waals surface area (Å²) in [5, 5.41) is 11.2. The van der Waals surface area contributed by atoms with Gasteiger partial charge in [0, 0.05) is 20.1 Å². The molecular formula is C13H22N6. The van der Waals surface area contributed by atoms with Crippen molar-refractivity contribution < 1.29 is 0 Å². The third-order valence-corrected chi connectivity index (χ3v) is 3.03. The zero-order valence-corrected chi connectivity index (χ0v) is 11.9. The average molecular weight is 262 g/mol. The fourth-order valence-electron chi connectivity index (χ4n) is 1.93. The van der Waals surface area contributed by atoms with Crippen molar-refractivity contribution in [2.45, 2.75) is 33.1 Å². The van der Waals surface area contributed by atoms with Crippen LogP contribution in [0.4, 0.5) is 11.8 Å². The number of fused-ring (bicyclic) bond motifs is 1. The van der Waals surface area contributed by atoms with Crippen molar-refractivity contribution in [3.8, 4) is 0 Å². The van der Waals surface area contributed by atoms with Crippen LogP contribution in [0.3, 0.4) is 0 Å². The third kappa shape index (κ3) is 3.13. The molecule has 0 unspecified atom stereocenters. The summed E-state index contributed by atoms with van der Waals surface area (Å²) in [5.41, 5.74) is 0.784. The Morgan fingerprint density at radius 1 is 1.26 bits per heavy atom. The number of hydrogen-bond donors (Lipinski definition) is 2. The minimum absolute atomic E-state index is 0.664. The van der Waals surface area contributed by atoms with Crippen LogP contribution < -0.4 is 10.2 Å². The van der Waals surface area contributed by atoms with Crippen molar-refractivity contribution in [3.63, 3.8) is 0 Å². The van der Waals surface area contributed by atoms with Gasteiger partial charge in [-0.1, -0.05) is 20.3 Å². The van der Waals surface area contributed by atoms with E-state index in [0.717, 1.165) is 42.8 Å². The number of H-pyrrole nitrogens is 1. The van der Waals surface area contributed by atoms with Crippen molar-refractivity contribution >= 4 is 22.8 Å². The van der Waals surface area contributed by atoms with Crippen molar-refractivity contribution in [1.29, 1.82) is 0 Å².